The van der Waals surface area contributed by atoms with Gasteiger partial charge in [-0.05, 0) is 95.8 Å². The highest BCUT2D eigenvalue weighted by molar-refractivity contribution is 6.19. The molecule has 1 aromatic heterocycles. The highest BCUT2D eigenvalue weighted by Gasteiger charge is 2.21. The molecule has 1 aliphatic rings. The van der Waals surface area contributed by atoms with E-state index in [1.54, 1.807) is 0 Å². The van der Waals surface area contributed by atoms with Crippen molar-refractivity contribution in [3.05, 3.63) is 162 Å². The maximum absolute atomic E-state index is 11.6. The Bertz CT molecular complexity index is 2250. The summed E-state index contributed by atoms with van der Waals surface area (Å²) in [5, 5.41) is 16.2. The summed E-state index contributed by atoms with van der Waals surface area (Å²) < 4.78 is 6.31. The Balaban J connectivity index is 1.28. The SMILES string of the molecule is Cc1ccccc1C1=CCCC(c2cccc(N(c3ccccc3)c3ccc4oc5ccc6ccccc6c5c4c3)c2)=C1O. The first-order chi connectivity index (χ1) is 21.7. The lowest BCUT2D eigenvalue weighted by Gasteiger charge is -2.27. The van der Waals surface area contributed by atoms with Crippen molar-refractivity contribution < 1.29 is 9.52 Å². The van der Waals surface area contributed by atoms with Crippen LogP contribution in [0.3, 0.4) is 0 Å². The average Bonchev–Trinajstić information content (AvgIpc) is 3.45. The van der Waals surface area contributed by atoms with Crippen LogP contribution in [0.25, 0.3) is 43.9 Å². The molecule has 1 aliphatic carbocycles. The molecule has 0 fully saturated rings. The van der Waals surface area contributed by atoms with Crippen LogP contribution in [0.5, 0.6) is 0 Å². The van der Waals surface area contributed by atoms with Gasteiger partial charge in [-0.1, -0.05) is 91.0 Å². The average molecular weight is 570 g/mol. The molecule has 212 valence electrons. The lowest BCUT2D eigenvalue weighted by atomic mass is 9.87. The number of fused-ring (bicyclic) bond motifs is 5. The van der Waals surface area contributed by atoms with Gasteiger partial charge in [-0.15, -0.1) is 0 Å². The van der Waals surface area contributed by atoms with Gasteiger partial charge in [0.1, 0.15) is 16.9 Å². The molecule has 3 heteroatoms. The summed E-state index contributed by atoms with van der Waals surface area (Å²) in [5.41, 5.74) is 10.0. The van der Waals surface area contributed by atoms with Crippen molar-refractivity contribution >= 4 is 60.9 Å². The Morgan fingerprint density at radius 3 is 2.27 bits per heavy atom. The second kappa shape index (κ2) is 10.6. The Hall–Kier alpha value is -5.54. The molecule has 0 spiro atoms. The number of aliphatic hydroxyl groups is 1. The maximum Gasteiger partial charge on any atom is 0.136 e. The summed E-state index contributed by atoms with van der Waals surface area (Å²) in [6.07, 6.45) is 3.83. The largest absolute Gasteiger partial charge is 0.507 e. The predicted octanol–water partition coefficient (Wildman–Crippen LogP) is 11.7. The number of anilines is 3. The predicted molar refractivity (Wildman–Crippen MR) is 184 cm³/mol. The summed E-state index contributed by atoms with van der Waals surface area (Å²) in [5.74, 6) is 0.368. The molecule has 44 heavy (non-hydrogen) atoms. The number of allylic oxidation sites excluding steroid dienone is 3. The molecule has 6 aromatic carbocycles. The number of hydrogen-bond donors (Lipinski definition) is 1. The lowest BCUT2D eigenvalue weighted by molar-refractivity contribution is 0.436. The van der Waals surface area contributed by atoms with Crippen molar-refractivity contribution in [1.82, 2.24) is 0 Å². The van der Waals surface area contributed by atoms with Gasteiger partial charge >= 0.3 is 0 Å². The first kappa shape index (κ1) is 26.1. The number of benzene rings is 6. The van der Waals surface area contributed by atoms with Crippen LogP contribution in [0.2, 0.25) is 0 Å². The van der Waals surface area contributed by atoms with Crippen molar-refractivity contribution in [2.24, 2.45) is 0 Å². The zero-order valence-corrected chi connectivity index (χ0v) is 24.5. The molecule has 0 radical (unpaired) electrons. The highest BCUT2D eigenvalue weighted by atomic mass is 16.3. The van der Waals surface area contributed by atoms with Gasteiger partial charge in [0.05, 0.1) is 0 Å². The molecule has 0 saturated heterocycles. The van der Waals surface area contributed by atoms with Crippen LogP contribution < -0.4 is 4.90 Å². The lowest BCUT2D eigenvalue weighted by Crippen LogP contribution is -2.10. The Morgan fingerprint density at radius 1 is 0.636 bits per heavy atom. The molecule has 0 aliphatic heterocycles. The van der Waals surface area contributed by atoms with Gasteiger partial charge in [0.25, 0.3) is 0 Å². The molecular weight excluding hydrogens is 538 g/mol. The quantitative estimate of drug-likeness (QED) is 0.224. The van der Waals surface area contributed by atoms with Crippen molar-refractivity contribution in [2.45, 2.75) is 19.8 Å². The van der Waals surface area contributed by atoms with Crippen LogP contribution >= 0.6 is 0 Å². The van der Waals surface area contributed by atoms with E-state index in [-0.39, 0.29) is 0 Å². The van der Waals surface area contributed by atoms with Gasteiger partial charge in [-0.2, -0.15) is 0 Å². The molecule has 0 atom stereocenters. The number of hydrogen-bond acceptors (Lipinski definition) is 3. The van der Waals surface area contributed by atoms with Crippen molar-refractivity contribution in [1.29, 1.82) is 0 Å². The molecule has 0 amide bonds. The maximum atomic E-state index is 11.6. The van der Waals surface area contributed by atoms with E-state index in [9.17, 15) is 5.11 Å². The van der Waals surface area contributed by atoms with Crippen LogP contribution in [0.4, 0.5) is 17.1 Å². The third-order valence-corrected chi connectivity index (χ3v) is 8.79. The minimum absolute atomic E-state index is 0.368. The smallest absolute Gasteiger partial charge is 0.136 e. The van der Waals surface area contributed by atoms with E-state index in [2.05, 4.69) is 133 Å². The van der Waals surface area contributed by atoms with Gasteiger partial charge in [-0.25, -0.2) is 0 Å². The Labute approximate surface area is 256 Å². The van der Waals surface area contributed by atoms with Gasteiger partial charge in [0.15, 0.2) is 0 Å². The van der Waals surface area contributed by atoms with Gasteiger partial charge in [-0.3, -0.25) is 0 Å². The second-order valence-corrected chi connectivity index (χ2v) is 11.5. The molecule has 3 nitrogen and oxygen atoms in total. The highest BCUT2D eigenvalue weighted by Crippen LogP contribution is 2.42. The zero-order chi connectivity index (χ0) is 29.6. The van der Waals surface area contributed by atoms with E-state index in [4.69, 9.17) is 4.42 Å². The summed E-state index contributed by atoms with van der Waals surface area (Å²) in [6, 6.07) is 46.4. The third kappa shape index (κ3) is 4.37. The fraction of sp³-hybridized carbons (Fsp3) is 0.0732. The summed E-state index contributed by atoms with van der Waals surface area (Å²) in [6.45, 7) is 2.10. The Morgan fingerprint density at radius 2 is 1.39 bits per heavy atom. The summed E-state index contributed by atoms with van der Waals surface area (Å²) in [4.78, 5) is 2.28. The number of furan rings is 1. The van der Waals surface area contributed by atoms with Crippen LogP contribution in [0.1, 0.15) is 29.5 Å². The summed E-state index contributed by atoms with van der Waals surface area (Å²) in [7, 11) is 0. The minimum atomic E-state index is 0.368. The van der Waals surface area contributed by atoms with Crippen molar-refractivity contribution in [3.8, 4) is 0 Å². The first-order valence-electron chi connectivity index (χ1n) is 15.1. The zero-order valence-electron chi connectivity index (χ0n) is 24.5. The molecular formula is C41H31NO2. The molecule has 0 bridgehead atoms. The van der Waals surface area contributed by atoms with Crippen LogP contribution in [0.15, 0.2) is 150 Å². The fourth-order valence-corrected chi connectivity index (χ4v) is 6.66. The van der Waals surface area contributed by atoms with E-state index in [1.165, 1.54) is 10.8 Å². The Kier molecular flexibility index (Phi) is 6.31. The monoisotopic (exact) mass is 569 g/mol. The van der Waals surface area contributed by atoms with Crippen LogP contribution in [0, 0.1) is 6.92 Å². The number of aliphatic hydroxyl groups excluding tert-OH is 1. The van der Waals surface area contributed by atoms with Gasteiger partial charge in [0.2, 0.25) is 0 Å². The van der Waals surface area contributed by atoms with Crippen molar-refractivity contribution in [2.75, 3.05) is 4.90 Å². The van der Waals surface area contributed by atoms with Gasteiger partial charge in [0, 0.05) is 39.0 Å². The van der Waals surface area contributed by atoms with Gasteiger partial charge < -0.3 is 14.4 Å². The topological polar surface area (TPSA) is 36.6 Å². The molecule has 7 aromatic rings. The number of nitrogens with zero attached hydrogens (tertiary/aromatic N) is 1. The second-order valence-electron chi connectivity index (χ2n) is 11.5. The minimum Gasteiger partial charge on any atom is -0.507 e. The van der Waals surface area contributed by atoms with E-state index in [0.717, 1.165) is 79.7 Å². The van der Waals surface area contributed by atoms with E-state index >= 15 is 0 Å². The number of rotatable bonds is 5. The van der Waals surface area contributed by atoms with Crippen LogP contribution in [-0.4, -0.2) is 5.11 Å². The standard InChI is InChI=1S/C41H31NO2/c1-27-11-5-7-17-33(27)36-20-10-19-35(41(36)43)29-13-9-16-31(25-29)42(30-14-3-2-4-15-30)32-22-24-38-37(26-32)40-34-18-8-6-12-28(34)21-23-39(40)44-38/h2-9,11-18,20-26,43H,10,19H2,1H3. The fourth-order valence-electron chi connectivity index (χ4n) is 6.66. The summed E-state index contributed by atoms with van der Waals surface area (Å²) >= 11 is 0. The van der Waals surface area contributed by atoms with Crippen molar-refractivity contribution in [3.63, 3.8) is 0 Å². The third-order valence-electron chi connectivity index (χ3n) is 8.79. The van der Waals surface area contributed by atoms with E-state index in [1.807, 2.05) is 18.2 Å². The normalized spacial score (nSPS) is 13.5. The first-order valence-corrected chi connectivity index (χ1v) is 15.1. The molecule has 1 N–H and O–H groups in total. The van der Waals surface area contributed by atoms with E-state index in [0.29, 0.717) is 5.76 Å². The molecule has 8 rings (SSSR count). The number of aryl methyl sites for hydroxylation is 1. The molecule has 0 saturated carbocycles. The molecule has 0 unspecified atom stereocenters. The number of para-hydroxylation sites is 1. The molecule has 1 heterocycles. The van der Waals surface area contributed by atoms with E-state index < -0.39 is 0 Å². The van der Waals surface area contributed by atoms with Crippen LogP contribution in [-0.2, 0) is 0 Å².